The lowest BCUT2D eigenvalue weighted by atomic mass is 10.2. The first-order valence-corrected chi connectivity index (χ1v) is 7.17. The van der Waals surface area contributed by atoms with Crippen molar-refractivity contribution in [3.63, 3.8) is 0 Å². The SMILES string of the molecule is O=C(N/N=C\c1ccc(Cl)c([N+](=O)[O-])c1)c1ccc(Br)cc1. The molecule has 0 heterocycles. The summed E-state index contributed by atoms with van der Waals surface area (Å²) >= 11 is 8.98. The summed E-state index contributed by atoms with van der Waals surface area (Å²) in [7, 11) is 0. The molecule has 0 aromatic heterocycles. The van der Waals surface area contributed by atoms with E-state index in [1.807, 2.05) is 0 Å². The van der Waals surface area contributed by atoms with E-state index in [1.165, 1.54) is 18.3 Å². The number of nitrogens with one attached hydrogen (secondary N) is 1. The van der Waals surface area contributed by atoms with E-state index in [4.69, 9.17) is 11.6 Å². The van der Waals surface area contributed by atoms with E-state index in [0.717, 1.165) is 4.47 Å². The number of benzene rings is 2. The number of halogens is 2. The van der Waals surface area contributed by atoms with Gasteiger partial charge in [-0.15, -0.1) is 0 Å². The van der Waals surface area contributed by atoms with Crippen molar-refractivity contribution >= 4 is 45.3 Å². The average molecular weight is 383 g/mol. The molecule has 0 aliphatic heterocycles. The van der Waals surface area contributed by atoms with Gasteiger partial charge in [0.1, 0.15) is 5.02 Å². The van der Waals surface area contributed by atoms with Crippen molar-refractivity contribution in [1.82, 2.24) is 5.43 Å². The lowest BCUT2D eigenvalue weighted by Crippen LogP contribution is -2.17. The molecule has 0 aliphatic carbocycles. The topological polar surface area (TPSA) is 84.6 Å². The lowest BCUT2D eigenvalue weighted by molar-refractivity contribution is -0.384. The number of rotatable bonds is 4. The Morgan fingerprint density at radius 2 is 1.95 bits per heavy atom. The minimum absolute atomic E-state index is 0.0426. The Balaban J connectivity index is 2.06. The zero-order chi connectivity index (χ0) is 16.1. The third-order valence-electron chi connectivity index (χ3n) is 2.65. The molecule has 0 saturated carbocycles. The van der Waals surface area contributed by atoms with E-state index < -0.39 is 4.92 Å². The van der Waals surface area contributed by atoms with Gasteiger partial charge in [0.15, 0.2) is 0 Å². The van der Waals surface area contributed by atoms with Crippen LogP contribution in [0.2, 0.25) is 5.02 Å². The van der Waals surface area contributed by atoms with Crippen LogP contribution in [0.4, 0.5) is 5.69 Å². The zero-order valence-electron chi connectivity index (χ0n) is 11.0. The molecule has 1 N–H and O–H groups in total. The number of carbonyl (C=O) groups excluding carboxylic acids is 1. The molecule has 1 amide bonds. The predicted octanol–water partition coefficient (Wildman–Crippen LogP) is 3.77. The standard InChI is InChI=1S/C14H9BrClN3O3/c15-11-4-2-10(3-5-11)14(20)18-17-8-9-1-6-12(16)13(7-9)19(21)22/h1-8H,(H,18,20)/b17-8-. The molecule has 0 radical (unpaired) electrons. The minimum Gasteiger partial charge on any atom is -0.267 e. The van der Waals surface area contributed by atoms with Crippen molar-refractivity contribution in [2.45, 2.75) is 0 Å². The first-order chi connectivity index (χ1) is 10.5. The summed E-state index contributed by atoms with van der Waals surface area (Å²) in [5.41, 5.74) is 3.02. The van der Waals surface area contributed by atoms with E-state index in [1.54, 1.807) is 30.3 Å². The van der Waals surface area contributed by atoms with Gasteiger partial charge in [0.25, 0.3) is 11.6 Å². The molecule has 0 spiro atoms. The number of hydrogen-bond acceptors (Lipinski definition) is 4. The van der Waals surface area contributed by atoms with Crippen LogP contribution in [0.15, 0.2) is 52.0 Å². The van der Waals surface area contributed by atoms with Crippen molar-refractivity contribution in [2.75, 3.05) is 0 Å². The van der Waals surface area contributed by atoms with Gasteiger partial charge in [0.05, 0.1) is 11.1 Å². The van der Waals surface area contributed by atoms with Gasteiger partial charge in [-0.05, 0) is 30.3 Å². The minimum atomic E-state index is -0.583. The maximum atomic E-state index is 11.8. The first-order valence-electron chi connectivity index (χ1n) is 6.00. The third-order valence-corrected chi connectivity index (χ3v) is 3.50. The van der Waals surface area contributed by atoms with Crippen LogP contribution in [-0.2, 0) is 0 Å². The number of hydrazone groups is 1. The van der Waals surface area contributed by atoms with Crippen molar-refractivity contribution < 1.29 is 9.72 Å². The van der Waals surface area contributed by atoms with E-state index in [9.17, 15) is 14.9 Å². The van der Waals surface area contributed by atoms with Crippen LogP contribution in [0.5, 0.6) is 0 Å². The van der Waals surface area contributed by atoms with Gasteiger partial charge >= 0.3 is 0 Å². The second-order valence-corrected chi connectivity index (χ2v) is 5.50. The molecule has 6 nitrogen and oxygen atoms in total. The molecule has 0 unspecified atom stereocenters. The third kappa shape index (κ3) is 4.12. The van der Waals surface area contributed by atoms with Crippen molar-refractivity contribution in [2.24, 2.45) is 5.10 Å². The predicted molar refractivity (Wildman–Crippen MR) is 87.3 cm³/mol. The van der Waals surface area contributed by atoms with Gasteiger partial charge in [-0.2, -0.15) is 5.10 Å². The normalized spacial score (nSPS) is 10.6. The number of carbonyl (C=O) groups is 1. The molecular formula is C14H9BrClN3O3. The fraction of sp³-hybridized carbons (Fsp3) is 0. The van der Waals surface area contributed by atoms with Gasteiger partial charge in [-0.1, -0.05) is 33.6 Å². The summed E-state index contributed by atoms with van der Waals surface area (Å²) in [6.45, 7) is 0. The van der Waals surface area contributed by atoms with Crippen LogP contribution in [-0.4, -0.2) is 17.0 Å². The Bertz CT molecular complexity index is 747. The monoisotopic (exact) mass is 381 g/mol. The van der Waals surface area contributed by atoms with Crippen LogP contribution < -0.4 is 5.43 Å². The summed E-state index contributed by atoms with van der Waals surface area (Å²) in [6.07, 6.45) is 1.31. The van der Waals surface area contributed by atoms with Crippen LogP contribution >= 0.6 is 27.5 Å². The van der Waals surface area contributed by atoms with Crippen LogP contribution in [0, 0.1) is 10.1 Å². The van der Waals surface area contributed by atoms with E-state index in [0.29, 0.717) is 11.1 Å². The molecule has 22 heavy (non-hydrogen) atoms. The smallest absolute Gasteiger partial charge is 0.267 e. The molecule has 2 aromatic carbocycles. The fourth-order valence-corrected chi connectivity index (χ4v) is 2.03. The summed E-state index contributed by atoms with van der Waals surface area (Å²) < 4.78 is 0.862. The number of hydrogen-bond donors (Lipinski definition) is 1. The molecule has 0 bridgehead atoms. The molecular weight excluding hydrogens is 374 g/mol. The van der Waals surface area contributed by atoms with Crippen molar-refractivity contribution in [3.05, 3.63) is 73.2 Å². The fourth-order valence-electron chi connectivity index (χ4n) is 1.58. The van der Waals surface area contributed by atoms with Gasteiger partial charge < -0.3 is 0 Å². The molecule has 2 aromatic rings. The van der Waals surface area contributed by atoms with Crippen LogP contribution in [0.3, 0.4) is 0 Å². The second-order valence-electron chi connectivity index (χ2n) is 4.17. The lowest BCUT2D eigenvalue weighted by Gasteiger charge is -2.00. The highest BCUT2D eigenvalue weighted by Gasteiger charge is 2.11. The van der Waals surface area contributed by atoms with Gasteiger partial charge in [0, 0.05) is 21.7 Å². The number of nitro groups is 1. The Labute approximate surface area is 139 Å². The number of nitrogens with zero attached hydrogens (tertiary/aromatic N) is 2. The number of nitro benzene ring substituents is 1. The maximum Gasteiger partial charge on any atom is 0.288 e. The highest BCUT2D eigenvalue weighted by Crippen LogP contribution is 2.24. The van der Waals surface area contributed by atoms with E-state index in [-0.39, 0.29) is 16.6 Å². The average Bonchev–Trinajstić information content (AvgIpc) is 2.49. The quantitative estimate of drug-likeness (QED) is 0.496. The molecule has 112 valence electrons. The summed E-state index contributed by atoms with van der Waals surface area (Å²) in [6, 6.07) is 11.0. The Morgan fingerprint density at radius 1 is 1.27 bits per heavy atom. The highest BCUT2D eigenvalue weighted by molar-refractivity contribution is 9.10. The molecule has 0 saturated heterocycles. The largest absolute Gasteiger partial charge is 0.288 e. The van der Waals surface area contributed by atoms with Crippen molar-refractivity contribution in [1.29, 1.82) is 0 Å². The summed E-state index contributed by atoms with van der Waals surface area (Å²) in [5, 5.41) is 14.6. The van der Waals surface area contributed by atoms with Crippen LogP contribution in [0.25, 0.3) is 0 Å². The van der Waals surface area contributed by atoms with E-state index >= 15 is 0 Å². The molecule has 0 aliphatic rings. The van der Waals surface area contributed by atoms with Crippen molar-refractivity contribution in [3.8, 4) is 0 Å². The first kappa shape index (κ1) is 16.1. The maximum absolute atomic E-state index is 11.8. The van der Waals surface area contributed by atoms with Gasteiger partial charge in [-0.3, -0.25) is 14.9 Å². The highest BCUT2D eigenvalue weighted by atomic mass is 79.9. The van der Waals surface area contributed by atoms with Gasteiger partial charge in [0.2, 0.25) is 0 Å². The van der Waals surface area contributed by atoms with E-state index in [2.05, 4.69) is 26.5 Å². The molecule has 0 fully saturated rings. The zero-order valence-corrected chi connectivity index (χ0v) is 13.3. The van der Waals surface area contributed by atoms with Crippen LogP contribution in [0.1, 0.15) is 15.9 Å². The summed E-state index contributed by atoms with van der Waals surface area (Å²) in [4.78, 5) is 22.0. The molecule has 2 rings (SSSR count). The Morgan fingerprint density at radius 3 is 2.59 bits per heavy atom. The Kier molecular flexibility index (Phi) is 5.24. The molecule has 8 heteroatoms. The molecule has 0 atom stereocenters. The number of amides is 1. The Hall–Kier alpha value is -2.25. The summed E-state index contributed by atoms with van der Waals surface area (Å²) in [5.74, 6) is -0.382. The second kappa shape index (κ2) is 7.15. The van der Waals surface area contributed by atoms with Gasteiger partial charge in [-0.25, -0.2) is 5.43 Å².